The molecule has 2 heteroatoms. The van der Waals surface area contributed by atoms with Gasteiger partial charge in [0, 0.05) is 12.6 Å². The molecule has 2 nitrogen and oxygen atoms in total. The van der Waals surface area contributed by atoms with Crippen molar-refractivity contribution in [2.75, 3.05) is 27.2 Å². The number of hydrogen-bond acceptors (Lipinski definition) is 2. The van der Waals surface area contributed by atoms with Crippen molar-refractivity contribution in [2.24, 2.45) is 5.92 Å². The highest BCUT2D eigenvalue weighted by atomic mass is 15.1. The summed E-state index contributed by atoms with van der Waals surface area (Å²) < 4.78 is 0. The van der Waals surface area contributed by atoms with Crippen molar-refractivity contribution in [1.29, 1.82) is 0 Å². The van der Waals surface area contributed by atoms with Crippen LogP contribution in [0, 0.1) is 5.92 Å². The molecule has 0 heterocycles. The second-order valence-electron chi connectivity index (χ2n) is 5.22. The zero-order chi connectivity index (χ0) is 11.1. The highest BCUT2D eigenvalue weighted by Crippen LogP contribution is 2.24. The second-order valence-corrected chi connectivity index (χ2v) is 5.22. The van der Waals surface area contributed by atoms with Crippen LogP contribution in [0.25, 0.3) is 0 Å². The lowest BCUT2D eigenvalue weighted by atomic mass is 9.94. The molecule has 1 N–H and O–H groups in total. The van der Waals surface area contributed by atoms with Gasteiger partial charge in [0.15, 0.2) is 0 Å². The predicted molar refractivity (Wildman–Crippen MR) is 67.2 cm³/mol. The monoisotopic (exact) mass is 212 g/mol. The summed E-state index contributed by atoms with van der Waals surface area (Å²) in [4.78, 5) is 2.34. The fourth-order valence-corrected chi connectivity index (χ4v) is 2.67. The SMILES string of the molecule is CCCNC1CCCCCC1CN(C)C. The van der Waals surface area contributed by atoms with Crippen LogP contribution in [-0.4, -0.2) is 38.1 Å². The first kappa shape index (κ1) is 13.0. The van der Waals surface area contributed by atoms with Crippen molar-refractivity contribution < 1.29 is 0 Å². The third kappa shape index (κ3) is 4.98. The third-order valence-electron chi connectivity index (χ3n) is 3.42. The Hall–Kier alpha value is -0.0800. The van der Waals surface area contributed by atoms with Crippen molar-refractivity contribution in [1.82, 2.24) is 10.2 Å². The predicted octanol–water partition coefficient (Wildman–Crippen LogP) is 2.50. The molecule has 2 atom stereocenters. The average Bonchev–Trinajstić information content (AvgIpc) is 2.40. The van der Waals surface area contributed by atoms with Crippen molar-refractivity contribution in [3.8, 4) is 0 Å². The molecule has 15 heavy (non-hydrogen) atoms. The van der Waals surface area contributed by atoms with Gasteiger partial charge in [-0.25, -0.2) is 0 Å². The van der Waals surface area contributed by atoms with E-state index in [4.69, 9.17) is 0 Å². The van der Waals surface area contributed by atoms with Crippen LogP contribution in [0.2, 0.25) is 0 Å². The van der Waals surface area contributed by atoms with Gasteiger partial charge in [0.05, 0.1) is 0 Å². The number of nitrogens with one attached hydrogen (secondary N) is 1. The van der Waals surface area contributed by atoms with Gasteiger partial charge >= 0.3 is 0 Å². The molecule has 1 aliphatic carbocycles. The first-order valence-electron chi connectivity index (χ1n) is 6.62. The molecule has 2 unspecified atom stereocenters. The lowest BCUT2D eigenvalue weighted by Crippen LogP contribution is -2.40. The van der Waals surface area contributed by atoms with Crippen LogP contribution in [0.4, 0.5) is 0 Å². The number of nitrogens with zero attached hydrogens (tertiary/aromatic N) is 1. The first-order chi connectivity index (χ1) is 7.24. The maximum absolute atomic E-state index is 3.74. The van der Waals surface area contributed by atoms with Crippen LogP contribution in [-0.2, 0) is 0 Å². The molecule has 0 aromatic rings. The minimum atomic E-state index is 0.773. The Morgan fingerprint density at radius 2 is 1.87 bits per heavy atom. The van der Waals surface area contributed by atoms with Gasteiger partial charge in [0.2, 0.25) is 0 Å². The standard InChI is InChI=1S/C13H28N2/c1-4-10-14-13-9-7-5-6-8-12(13)11-15(2)3/h12-14H,4-11H2,1-3H3. The van der Waals surface area contributed by atoms with E-state index in [2.05, 4.69) is 31.2 Å². The number of rotatable bonds is 5. The van der Waals surface area contributed by atoms with E-state index < -0.39 is 0 Å². The Balaban J connectivity index is 2.43. The first-order valence-corrected chi connectivity index (χ1v) is 6.62. The Bertz CT molecular complexity index is 157. The fraction of sp³-hybridized carbons (Fsp3) is 1.00. The van der Waals surface area contributed by atoms with E-state index in [1.54, 1.807) is 0 Å². The highest BCUT2D eigenvalue weighted by Gasteiger charge is 2.23. The van der Waals surface area contributed by atoms with E-state index in [1.165, 1.54) is 51.6 Å². The van der Waals surface area contributed by atoms with Gasteiger partial charge in [-0.05, 0) is 45.8 Å². The quantitative estimate of drug-likeness (QED) is 0.704. The molecule has 0 bridgehead atoms. The summed E-state index contributed by atoms with van der Waals surface area (Å²) in [6, 6.07) is 0.773. The van der Waals surface area contributed by atoms with Crippen LogP contribution in [0.1, 0.15) is 45.4 Å². The normalized spacial score (nSPS) is 28.0. The van der Waals surface area contributed by atoms with E-state index in [-0.39, 0.29) is 0 Å². The highest BCUT2D eigenvalue weighted by molar-refractivity contribution is 4.80. The summed E-state index contributed by atoms with van der Waals surface area (Å²) >= 11 is 0. The zero-order valence-corrected chi connectivity index (χ0v) is 10.8. The average molecular weight is 212 g/mol. The number of hydrogen-bond donors (Lipinski definition) is 1. The molecule has 0 aromatic carbocycles. The molecular weight excluding hydrogens is 184 g/mol. The summed E-state index contributed by atoms with van der Waals surface area (Å²) in [6.07, 6.45) is 8.35. The molecule has 0 aliphatic heterocycles. The Morgan fingerprint density at radius 1 is 1.13 bits per heavy atom. The molecule has 1 aliphatic rings. The molecule has 1 rings (SSSR count). The lowest BCUT2D eigenvalue weighted by Gasteiger charge is -2.28. The van der Waals surface area contributed by atoms with E-state index >= 15 is 0 Å². The molecule has 0 radical (unpaired) electrons. The largest absolute Gasteiger partial charge is 0.314 e. The van der Waals surface area contributed by atoms with Gasteiger partial charge in [-0.2, -0.15) is 0 Å². The molecule has 1 saturated carbocycles. The second kappa shape index (κ2) is 7.24. The minimum absolute atomic E-state index is 0.773. The molecule has 0 spiro atoms. The van der Waals surface area contributed by atoms with Crippen molar-refractivity contribution in [2.45, 2.75) is 51.5 Å². The van der Waals surface area contributed by atoms with Crippen molar-refractivity contribution >= 4 is 0 Å². The van der Waals surface area contributed by atoms with Gasteiger partial charge in [-0.15, -0.1) is 0 Å². The molecule has 90 valence electrons. The molecule has 0 aromatic heterocycles. The Labute approximate surface area is 95.4 Å². The summed E-state index contributed by atoms with van der Waals surface area (Å²) in [7, 11) is 4.39. The topological polar surface area (TPSA) is 15.3 Å². The van der Waals surface area contributed by atoms with E-state index in [9.17, 15) is 0 Å². The summed E-state index contributed by atoms with van der Waals surface area (Å²) in [5.41, 5.74) is 0. The maximum atomic E-state index is 3.74. The Kier molecular flexibility index (Phi) is 6.26. The van der Waals surface area contributed by atoms with Crippen LogP contribution < -0.4 is 5.32 Å². The summed E-state index contributed by atoms with van der Waals surface area (Å²) in [6.45, 7) is 4.70. The zero-order valence-electron chi connectivity index (χ0n) is 10.8. The minimum Gasteiger partial charge on any atom is -0.314 e. The van der Waals surface area contributed by atoms with Crippen LogP contribution in [0.3, 0.4) is 0 Å². The van der Waals surface area contributed by atoms with Crippen LogP contribution >= 0.6 is 0 Å². The summed E-state index contributed by atoms with van der Waals surface area (Å²) in [5.74, 6) is 0.869. The van der Waals surface area contributed by atoms with E-state index in [0.717, 1.165) is 12.0 Å². The van der Waals surface area contributed by atoms with E-state index in [1.807, 2.05) is 0 Å². The van der Waals surface area contributed by atoms with E-state index in [0.29, 0.717) is 0 Å². The molecule has 1 fully saturated rings. The molecular formula is C13H28N2. The Morgan fingerprint density at radius 3 is 2.53 bits per heavy atom. The molecule has 0 saturated heterocycles. The van der Waals surface area contributed by atoms with Crippen LogP contribution in [0.5, 0.6) is 0 Å². The van der Waals surface area contributed by atoms with Gasteiger partial charge in [-0.3, -0.25) is 0 Å². The van der Waals surface area contributed by atoms with Crippen molar-refractivity contribution in [3.63, 3.8) is 0 Å². The maximum Gasteiger partial charge on any atom is 0.0107 e. The van der Waals surface area contributed by atoms with Gasteiger partial charge in [-0.1, -0.05) is 26.2 Å². The third-order valence-corrected chi connectivity index (χ3v) is 3.42. The van der Waals surface area contributed by atoms with Gasteiger partial charge < -0.3 is 10.2 Å². The summed E-state index contributed by atoms with van der Waals surface area (Å²) in [5, 5.41) is 3.74. The molecule has 0 amide bonds. The van der Waals surface area contributed by atoms with Gasteiger partial charge in [0.25, 0.3) is 0 Å². The smallest absolute Gasteiger partial charge is 0.0107 e. The van der Waals surface area contributed by atoms with Crippen LogP contribution in [0.15, 0.2) is 0 Å². The lowest BCUT2D eigenvalue weighted by molar-refractivity contribution is 0.251. The fourth-order valence-electron chi connectivity index (χ4n) is 2.67. The van der Waals surface area contributed by atoms with Crippen molar-refractivity contribution in [3.05, 3.63) is 0 Å². The van der Waals surface area contributed by atoms with Gasteiger partial charge in [0.1, 0.15) is 0 Å².